The van der Waals surface area contributed by atoms with Crippen LogP contribution in [0.15, 0.2) is 24.3 Å². The van der Waals surface area contributed by atoms with Crippen molar-refractivity contribution in [3.8, 4) is 0 Å². The molecule has 0 spiro atoms. The first-order valence-corrected chi connectivity index (χ1v) is 8.92. The van der Waals surface area contributed by atoms with Crippen LogP contribution < -0.4 is 5.32 Å². The maximum Gasteiger partial charge on any atom is 0.321 e. The number of carbonyl (C=O) groups is 2. The molecule has 1 N–H and O–H groups in total. The normalized spacial score (nSPS) is 15.1. The van der Waals surface area contributed by atoms with Crippen molar-refractivity contribution >= 4 is 17.6 Å². The third kappa shape index (κ3) is 5.46. The van der Waals surface area contributed by atoms with E-state index in [0.717, 1.165) is 32.4 Å². The number of anilines is 1. The topological polar surface area (TPSA) is 61.9 Å². The average Bonchev–Trinajstić information content (AvgIpc) is 2.62. The molecule has 1 aliphatic rings. The van der Waals surface area contributed by atoms with E-state index in [-0.39, 0.29) is 11.9 Å². The lowest BCUT2D eigenvalue weighted by atomic mass is 9.98. The maximum absolute atomic E-state index is 12.8. The van der Waals surface area contributed by atoms with Gasteiger partial charge in [0.05, 0.1) is 11.3 Å². The molecule has 1 saturated heterocycles. The number of methoxy groups -OCH3 is 1. The van der Waals surface area contributed by atoms with Gasteiger partial charge in [0, 0.05) is 40.4 Å². The van der Waals surface area contributed by atoms with Gasteiger partial charge in [-0.1, -0.05) is 19.1 Å². The van der Waals surface area contributed by atoms with Crippen LogP contribution in [0.25, 0.3) is 0 Å². The molecule has 6 nitrogen and oxygen atoms in total. The van der Waals surface area contributed by atoms with Crippen LogP contribution >= 0.6 is 0 Å². The van der Waals surface area contributed by atoms with Crippen LogP contribution in [0.3, 0.4) is 0 Å². The van der Waals surface area contributed by atoms with E-state index in [4.69, 9.17) is 4.74 Å². The Kier molecular flexibility index (Phi) is 7.25. The van der Waals surface area contributed by atoms with Crippen LogP contribution in [-0.4, -0.2) is 62.1 Å². The van der Waals surface area contributed by atoms with Gasteiger partial charge in [0.1, 0.15) is 0 Å². The van der Waals surface area contributed by atoms with Gasteiger partial charge in [0.15, 0.2) is 0 Å². The Labute approximate surface area is 150 Å². The number of para-hydroxylation sites is 1. The minimum Gasteiger partial charge on any atom is -0.385 e. The summed E-state index contributed by atoms with van der Waals surface area (Å²) in [5.41, 5.74) is 1.12. The molecule has 1 aromatic carbocycles. The molecule has 0 atom stereocenters. The van der Waals surface area contributed by atoms with E-state index < -0.39 is 0 Å². The van der Waals surface area contributed by atoms with Crippen molar-refractivity contribution in [1.29, 1.82) is 0 Å². The molecule has 138 valence electrons. The highest BCUT2D eigenvalue weighted by Gasteiger charge is 2.23. The number of likely N-dealkylation sites (tertiary alicyclic amines) is 1. The minimum absolute atomic E-state index is 0.00941. The third-order valence-corrected chi connectivity index (χ3v) is 4.66. The number of hydrogen-bond donors (Lipinski definition) is 1. The molecule has 0 radical (unpaired) electrons. The predicted molar refractivity (Wildman–Crippen MR) is 98.9 cm³/mol. The second-order valence-electron chi connectivity index (χ2n) is 6.72. The number of nitrogens with one attached hydrogen (secondary N) is 1. The van der Waals surface area contributed by atoms with Gasteiger partial charge in [0.2, 0.25) is 0 Å². The fraction of sp³-hybridized carbons (Fsp3) is 0.579. The summed E-state index contributed by atoms with van der Waals surface area (Å²) >= 11 is 0. The van der Waals surface area contributed by atoms with Crippen molar-refractivity contribution in [2.45, 2.75) is 26.2 Å². The Balaban J connectivity index is 2.02. The van der Waals surface area contributed by atoms with Gasteiger partial charge in [-0.25, -0.2) is 4.79 Å². The Hall–Kier alpha value is -2.08. The first kappa shape index (κ1) is 19.2. The summed E-state index contributed by atoms with van der Waals surface area (Å²) < 4.78 is 5.01. The van der Waals surface area contributed by atoms with Gasteiger partial charge >= 0.3 is 6.03 Å². The summed E-state index contributed by atoms with van der Waals surface area (Å²) in [4.78, 5) is 28.7. The summed E-state index contributed by atoms with van der Waals surface area (Å²) in [5.74, 6) is 0.657. The molecule has 0 unspecified atom stereocenters. The lowest BCUT2D eigenvalue weighted by Crippen LogP contribution is -2.38. The first-order chi connectivity index (χ1) is 12.0. The van der Waals surface area contributed by atoms with Crippen LogP contribution in [0, 0.1) is 5.92 Å². The standard InChI is InChI=1S/C19H29N3O3/c1-15-9-12-22(13-10-15)18(23)16-7-4-5-8-17(16)20-19(24)21(2)11-6-14-25-3/h4-5,7-8,15H,6,9-14H2,1-3H3,(H,20,24). The van der Waals surface area contributed by atoms with E-state index >= 15 is 0 Å². The average molecular weight is 347 g/mol. The van der Waals surface area contributed by atoms with Crippen molar-refractivity contribution in [2.75, 3.05) is 45.7 Å². The number of urea groups is 1. The summed E-state index contributed by atoms with van der Waals surface area (Å²) in [7, 11) is 3.38. The summed E-state index contributed by atoms with van der Waals surface area (Å²) in [5, 5.41) is 2.86. The number of amides is 3. The zero-order valence-electron chi connectivity index (χ0n) is 15.5. The quantitative estimate of drug-likeness (QED) is 0.805. The highest BCUT2D eigenvalue weighted by atomic mass is 16.5. The molecule has 0 aromatic heterocycles. The van der Waals surface area contributed by atoms with Gasteiger partial charge in [0.25, 0.3) is 5.91 Å². The smallest absolute Gasteiger partial charge is 0.321 e. The number of hydrogen-bond acceptors (Lipinski definition) is 3. The van der Waals surface area contributed by atoms with Crippen LogP contribution in [0.1, 0.15) is 36.5 Å². The zero-order valence-corrected chi connectivity index (χ0v) is 15.5. The molecule has 6 heteroatoms. The lowest BCUT2D eigenvalue weighted by Gasteiger charge is -2.31. The molecular weight excluding hydrogens is 318 g/mol. The van der Waals surface area contributed by atoms with Crippen LogP contribution in [0.2, 0.25) is 0 Å². The van der Waals surface area contributed by atoms with E-state index in [2.05, 4.69) is 12.2 Å². The molecule has 0 bridgehead atoms. The van der Waals surface area contributed by atoms with Gasteiger partial charge in [-0.3, -0.25) is 4.79 Å². The Morgan fingerprint density at radius 3 is 2.64 bits per heavy atom. The Morgan fingerprint density at radius 2 is 1.96 bits per heavy atom. The molecule has 1 fully saturated rings. The largest absolute Gasteiger partial charge is 0.385 e. The molecule has 25 heavy (non-hydrogen) atoms. The lowest BCUT2D eigenvalue weighted by molar-refractivity contribution is 0.0698. The minimum atomic E-state index is -0.219. The molecule has 1 heterocycles. The van der Waals surface area contributed by atoms with Gasteiger partial charge in [-0.15, -0.1) is 0 Å². The van der Waals surface area contributed by atoms with Crippen LogP contribution in [0.4, 0.5) is 10.5 Å². The number of nitrogens with zero attached hydrogens (tertiary/aromatic N) is 2. The fourth-order valence-corrected chi connectivity index (χ4v) is 2.92. The Morgan fingerprint density at radius 1 is 1.28 bits per heavy atom. The molecule has 0 saturated carbocycles. The third-order valence-electron chi connectivity index (χ3n) is 4.66. The van der Waals surface area contributed by atoms with Gasteiger partial charge in [-0.2, -0.15) is 0 Å². The monoisotopic (exact) mass is 347 g/mol. The second kappa shape index (κ2) is 9.42. The van der Waals surface area contributed by atoms with Crippen molar-refractivity contribution in [2.24, 2.45) is 5.92 Å². The molecule has 0 aliphatic carbocycles. The van der Waals surface area contributed by atoms with Crippen molar-refractivity contribution in [3.63, 3.8) is 0 Å². The number of rotatable bonds is 6. The zero-order chi connectivity index (χ0) is 18.2. The molecular formula is C19H29N3O3. The Bertz CT molecular complexity index is 583. The highest BCUT2D eigenvalue weighted by molar-refractivity contribution is 6.03. The van der Waals surface area contributed by atoms with E-state index in [9.17, 15) is 9.59 Å². The first-order valence-electron chi connectivity index (χ1n) is 8.92. The van der Waals surface area contributed by atoms with E-state index in [1.165, 1.54) is 0 Å². The van der Waals surface area contributed by atoms with Gasteiger partial charge in [-0.05, 0) is 37.3 Å². The summed E-state index contributed by atoms with van der Waals surface area (Å²) in [6.07, 6.45) is 2.83. The highest BCUT2D eigenvalue weighted by Crippen LogP contribution is 2.22. The summed E-state index contributed by atoms with van der Waals surface area (Å²) in [6.45, 7) is 4.98. The maximum atomic E-state index is 12.8. The summed E-state index contributed by atoms with van der Waals surface area (Å²) in [6, 6.07) is 7.00. The number of benzene rings is 1. The fourth-order valence-electron chi connectivity index (χ4n) is 2.92. The van der Waals surface area contributed by atoms with E-state index in [1.54, 1.807) is 31.2 Å². The van der Waals surface area contributed by atoms with Gasteiger partial charge < -0.3 is 19.9 Å². The van der Waals surface area contributed by atoms with Crippen LogP contribution in [0.5, 0.6) is 0 Å². The molecule has 1 aromatic rings. The van der Waals surface area contributed by atoms with E-state index in [0.29, 0.717) is 30.3 Å². The number of piperidine rings is 1. The van der Waals surface area contributed by atoms with E-state index in [1.807, 2.05) is 17.0 Å². The second-order valence-corrected chi connectivity index (χ2v) is 6.72. The SMILES string of the molecule is COCCCN(C)C(=O)Nc1ccccc1C(=O)N1CCC(C)CC1. The molecule has 1 aliphatic heterocycles. The van der Waals surface area contributed by atoms with Crippen LogP contribution in [-0.2, 0) is 4.74 Å². The predicted octanol–water partition coefficient (Wildman–Crippen LogP) is 3.06. The number of ether oxygens (including phenoxy) is 1. The molecule has 2 rings (SSSR count). The number of carbonyl (C=O) groups excluding carboxylic acids is 2. The molecule has 3 amide bonds. The van der Waals surface area contributed by atoms with Crippen molar-refractivity contribution in [1.82, 2.24) is 9.80 Å². The van der Waals surface area contributed by atoms with Crippen molar-refractivity contribution < 1.29 is 14.3 Å². The van der Waals surface area contributed by atoms with Crippen molar-refractivity contribution in [3.05, 3.63) is 29.8 Å².